The molecule has 152 valence electrons. The molecule has 1 saturated carbocycles. The Bertz CT molecular complexity index is 664. The molecule has 1 aromatic rings. The highest BCUT2D eigenvalue weighted by Crippen LogP contribution is 2.29. The molecular weight excluding hydrogens is 350 g/mol. The molecule has 0 radical (unpaired) electrons. The molecule has 0 aromatic heterocycles. The van der Waals surface area contributed by atoms with Gasteiger partial charge in [-0.2, -0.15) is 0 Å². The Morgan fingerprint density at radius 3 is 2.43 bits per heavy atom. The van der Waals surface area contributed by atoms with Crippen LogP contribution in [0.4, 0.5) is 0 Å². The van der Waals surface area contributed by atoms with E-state index in [-0.39, 0.29) is 23.8 Å². The van der Waals surface area contributed by atoms with E-state index in [9.17, 15) is 9.59 Å². The number of amides is 2. The van der Waals surface area contributed by atoms with Crippen molar-refractivity contribution >= 4 is 11.8 Å². The summed E-state index contributed by atoms with van der Waals surface area (Å²) in [5, 5.41) is 3.24. The molecule has 4 rings (SSSR count). The van der Waals surface area contributed by atoms with Crippen molar-refractivity contribution in [2.24, 2.45) is 5.92 Å². The molecular formula is C23H33N3O2. The van der Waals surface area contributed by atoms with E-state index in [0.29, 0.717) is 19.0 Å². The fourth-order valence-corrected chi connectivity index (χ4v) is 5.05. The van der Waals surface area contributed by atoms with E-state index in [1.54, 1.807) is 0 Å². The molecule has 0 unspecified atom stereocenters. The molecule has 2 saturated heterocycles. The van der Waals surface area contributed by atoms with E-state index in [4.69, 9.17) is 0 Å². The molecule has 1 N–H and O–H groups in total. The van der Waals surface area contributed by atoms with Crippen molar-refractivity contribution in [1.82, 2.24) is 15.1 Å². The van der Waals surface area contributed by atoms with E-state index < -0.39 is 0 Å². The molecule has 2 amide bonds. The van der Waals surface area contributed by atoms with E-state index in [1.165, 1.54) is 24.8 Å². The number of likely N-dealkylation sites (tertiary alicyclic amines) is 2. The largest absolute Gasteiger partial charge is 0.353 e. The Balaban J connectivity index is 1.22. The average Bonchev–Trinajstić information content (AvgIpc) is 3.13. The van der Waals surface area contributed by atoms with Crippen molar-refractivity contribution in [3.63, 3.8) is 0 Å². The van der Waals surface area contributed by atoms with E-state index in [0.717, 1.165) is 45.3 Å². The number of carbonyl (C=O) groups excluding carboxylic acids is 2. The Kier molecular flexibility index (Phi) is 6.30. The van der Waals surface area contributed by atoms with Gasteiger partial charge in [0.05, 0.1) is 5.92 Å². The monoisotopic (exact) mass is 383 g/mol. The van der Waals surface area contributed by atoms with Gasteiger partial charge < -0.3 is 10.2 Å². The maximum atomic E-state index is 12.8. The van der Waals surface area contributed by atoms with Crippen LogP contribution in [0, 0.1) is 5.92 Å². The van der Waals surface area contributed by atoms with Crippen molar-refractivity contribution < 1.29 is 9.59 Å². The lowest BCUT2D eigenvalue weighted by Crippen LogP contribution is -2.46. The van der Waals surface area contributed by atoms with Gasteiger partial charge >= 0.3 is 0 Å². The maximum absolute atomic E-state index is 12.8. The Labute approximate surface area is 168 Å². The van der Waals surface area contributed by atoms with Gasteiger partial charge in [0.1, 0.15) is 0 Å². The molecule has 2 heterocycles. The zero-order valence-corrected chi connectivity index (χ0v) is 16.8. The fourth-order valence-electron chi connectivity index (χ4n) is 5.05. The van der Waals surface area contributed by atoms with Crippen LogP contribution in [0.25, 0.3) is 0 Å². The summed E-state index contributed by atoms with van der Waals surface area (Å²) in [4.78, 5) is 29.7. The Hall–Kier alpha value is -1.88. The standard InChI is InChI=1S/C23H33N3O2/c27-22-15-19(17-26(22)21-9-5-2-6-10-21)23(28)24-20-11-13-25(14-12-20)16-18-7-3-1-4-8-18/h1,3-4,7-8,19-21H,2,5-6,9-17H2,(H,24,28)/t19-/m0/s1. The third-order valence-electron chi connectivity index (χ3n) is 6.73. The van der Waals surface area contributed by atoms with Crippen LogP contribution in [0.5, 0.6) is 0 Å². The molecule has 3 aliphatic rings. The molecule has 2 aliphatic heterocycles. The highest BCUT2D eigenvalue weighted by atomic mass is 16.2. The number of rotatable bonds is 5. The van der Waals surface area contributed by atoms with Crippen LogP contribution in [0.15, 0.2) is 30.3 Å². The van der Waals surface area contributed by atoms with Gasteiger partial charge in [-0.05, 0) is 31.2 Å². The van der Waals surface area contributed by atoms with Crippen molar-refractivity contribution in [3.8, 4) is 0 Å². The topological polar surface area (TPSA) is 52.7 Å². The first kappa shape index (κ1) is 19.4. The minimum Gasteiger partial charge on any atom is -0.353 e. The molecule has 1 atom stereocenters. The van der Waals surface area contributed by atoms with Crippen LogP contribution in [0.1, 0.15) is 56.9 Å². The Morgan fingerprint density at radius 2 is 1.71 bits per heavy atom. The molecule has 5 heteroatoms. The molecule has 1 aliphatic carbocycles. The fraction of sp³-hybridized carbons (Fsp3) is 0.652. The van der Waals surface area contributed by atoms with E-state index in [2.05, 4.69) is 40.5 Å². The van der Waals surface area contributed by atoms with E-state index in [1.807, 2.05) is 4.90 Å². The van der Waals surface area contributed by atoms with Gasteiger partial charge in [0.25, 0.3) is 0 Å². The van der Waals surface area contributed by atoms with Crippen molar-refractivity contribution in [2.75, 3.05) is 19.6 Å². The number of hydrogen-bond acceptors (Lipinski definition) is 3. The van der Waals surface area contributed by atoms with Gasteiger partial charge in [0.2, 0.25) is 11.8 Å². The zero-order chi connectivity index (χ0) is 19.3. The normalized spacial score (nSPS) is 25.2. The summed E-state index contributed by atoms with van der Waals surface area (Å²) in [5.41, 5.74) is 1.34. The quantitative estimate of drug-likeness (QED) is 0.851. The second kappa shape index (κ2) is 9.08. The van der Waals surface area contributed by atoms with Gasteiger partial charge in [-0.1, -0.05) is 49.6 Å². The number of piperidine rings is 1. The lowest BCUT2D eigenvalue weighted by atomic mass is 9.94. The summed E-state index contributed by atoms with van der Waals surface area (Å²) in [6, 6.07) is 11.2. The summed E-state index contributed by atoms with van der Waals surface area (Å²) in [5.74, 6) is 0.120. The summed E-state index contributed by atoms with van der Waals surface area (Å²) >= 11 is 0. The first-order valence-electron chi connectivity index (χ1n) is 11.0. The van der Waals surface area contributed by atoms with Crippen molar-refractivity contribution in [2.45, 2.75) is 70.0 Å². The molecule has 28 heavy (non-hydrogen) atoms. The van der Waals surface area contributed by atoms with Gasteiger partial charge in [0, 0.05) is 44.7 Å². The second-order valence-electron chi connectivity index (χ2n) is 8.78. The van der Waals surface area contributed by atoms with Crippen LogP contribution in [-0.4, -0.2) is 53.3 Å². The van der Waals surface area contributed by atoms with Crippen LogP contribution < -0.4 is 5.32 Å². The first-order valence-corrected chi connectivity index (χ1v) is 11.0. The predicted octanol–water partition coefficient (Wildman–Crippen LogP) is 2.95. The van der Waals surface area contributed by atoms with Crippen molar-refractivity contribution in [3.05, 3.63) is 35.9 Å². The van der Waals surface area contributed by atoms with Crippen molar-refractivity contribution in [1.29, 1.82) is 0 Å². The molecule has 0 bridgehead atoms. The highest BCUT2D eigenvalue weighted by molar-refractivity contribution is 5.89. The summed E-state index contributed by atoms with van der Waals surface area (Å²) in [6.07, 6.45) is 8.32. The number of hydrogen-bond donors (Lipinski definition) is 1. The average molecular weight is 384 g/mol. The number of benzene rings is 1. The number of nitrogens with one attached hydrogen (secondary N) is 1. The smallest absolute Gasteiger partial charge is 0.225 e. The minimum absolute atomic E-state index is 0.0909. The third-order valence-corrected chi connectivity index (χ3v) is 6.73. The molecule has 5 nitrogen and oxygen atoms in total. The van der Waals surface area contributed by atoms with Gasteiger partial charge in [-0.15, -0.1) is 0 Å². The van der Waals surface area contributed by atoms with Crippen LogP contribution in [-0.2, 0) is 16.1 Å². The number of nitrogens with zero attached hydrogens (tertiary/aromatic N) is 2. The first-order chi connectivity index (χ1) is 13.7. The van der Waals surface area contributed by atoms with E-state index >= 15 is 0 Å². The summed E-state index contributed by atoms with van der Waals surface area (Å²) < 4.78 is 0. The SMILES string of the molecule is O=C(NC1CCN(Cc2ccccc2)CC1)[C@H]1CC(=O)N(C2CCCCC2)C1. The van der Waals surface area contributed by atoms with Crippen LogP contribution in [0.2, 0.25) is 0 Å². The predicted molar refractivity (Wildman–Crippen MR) is 110 cm³/mol. The third kappa shape index (κ3) is 4.75. The second-order valence-corrected chi connectivity index (χ2v) is 8.78. The minimum atomic E-state index is -0.156. The van der Waals surface area contributed by atoms with Crippen LogP contribution >= 0.6 is 0 Å². The highest BCUT2D eigenvalue weighted by Gasteiger charge is 2.38. The number of carbonyl (C=O) groups is 2. The summed E-state index contributed by atoms with van der Waals surface area (Å²) in [7, 11) is 0. The van der Waals surface area contributed by atoms with Gasteiger partial charge in [-0.3, -0.25) is 14.5 Å². The lowest BCUT2D eigenvalue weighted by molar-refractivity contribution is -0.130. The molecule has 0 spiro atoms. The van der Waals surface area contributed by atoms with Gasteiger partial charge in [0.15, 0.2) is 0 Å². The van der Waals surface area contributed by atoms with Gasteiger partial charge in [-0.25, -0.2) is 0 Å². The van der Waals surface area contributed by atoms with Crippen LogP contribution in [0.3, 0.4) is 0 Å². The molecule has 3 fully saturated rings. The lowest BCUT2D eigenvalue weighted by Gasteiger charge is -2.33. The zero-order valence-electron chi connectivity index (χ0n) is 16.8. The maximum Gasteiger partial charge on any atom is 0.225 e. The molecule has 1 aromatic carbocycles. The Morgan fingerprint density at radius 1 is 1.00 bits per heavy atom. The summed E-state index contributed by atoms with van der Waals surface area (Å²) in [6.45, 7) is 3.63.